The summed E-state index contributed by atoms with van der Waals surface area (Å²) in [5.74, 6) is 0.792. The van der Waals surface area contributed by atoms with Crippen molar-refractivity contribution in [2.24, 2.45) is 0 Å². The molecular formula is C15H18N4. The van der Waals surface area contributed by atoms with Gasteiger partial charge in [0.05, 0.1) is 11.4 Å². The Bertz CT molecular complexity index is 596. The highest BCUT2D eigenvalue weighted by Gasteiger charge is 2.20. The molecule has 1 N–H and O–H groups in total. The van der Waals surface area contributed by atoms with Crippen LogP contribution < -0.4 is 5.32 Å². The van der Waals surface area contributed by atoms with Gasteiger partial charge in [0.15, 0.2) is 0 Å². The summed E-state index contributed by atoms with van der Waals surface area (Å²) in [4.78, 5) is 9.23. The molecule has 2 aromatic rings. The van der Waals surface area contributed by atoms with Crippen LogP contribution in [0.25, 0.3) is 11.4 Å². The Morgan fingerprint density at radius 1 is 1.26 bits per heavy atom. The molecule has 98 valence electrons. The molecule has 1 aliphatic heterocycles. The minimum absolute atomic E-state index is 0.563. The van der Waals surface area contributed by atoms with E-state index in [1.165, 1.54) is 36.9 Å². The summed E-state index contributed by atoms with van der Waals surface area (Å²) in [6, 6.07) is 4.80. The lowest BCUT2D eigenvalue weighted by atomic mass is 10.1. The molecule has 4 nitrogen and oxygen atoms in total. The van der Waals surface area contributed by atoms with Crippen molar-refractivity contribution in [3.05, 3.63) is 30.1 Å². The van der Waals surface area contributed by atoms with Crippen LogP contribution in [0.5, 0.6) is 0 Å². The fraction of sp³-hybridized carbons (Fsp3) is 0.467. The molecule has 4 heteroatoms. The largest absolute Gasteiger partial charge is 0.351 e. The first kappa shape index (κ1) is 11.0. The van der Waals surface area contributed by atoms with Crippen molar-refractivity contribution in [3.63, 3.8) is 0 Å². The number of hydrogen-bond acceptors (Lipinski definition) is 3. The van der Waals surface area contributed by atoms with Crippen molar-refractivity contribution >= 4 is 5.95 Å². The molecule has 19 heavy (non-hydrogen) atoms. The average Bonchev–Trinajstić information content (AvgIpc) is 3.08. The van der Waals surface area contributed by atoms with Crippen LogP contribution in [0, 0.1) is 0 Å². The zero-order chi connectivity index (χ0) is 12.7. The van der Waals surface area contributed by atoms with Crippen LogP contribution >= 0.6 is 0 Å². The smallest absolute Gasteiger partial charge is 0.223 e. The van der Waals surface area contributed by atoms with Gasteiger partial charge < -0.3 is 9.88 Å². The first-order chi connectivity index (χ1) is 9.40. The minimum Gasteiger partial charge on any atom is -0.351 e. The van der Waals surface area contributed by atoms with Gasteiger partial charge in [-0.3, -0.25) is 0 Å². The molecule has 0 radical (unpaired) electrons. The van der Waals surface area contributed by atoms with E-state index in [9.17, 15) is 0 Å². The van der Waals surface area contributed by atoms with Gasteiger partial charge >= 0.3 is 0 Å². The Kier molecular flexibility index (Phi) is 2.53. The number of nitrogens with zero attached hydrogens (tertiary/aromatic N) is 3. The van der Waals surface area contributed by atoms with E-state index in [1.807, 2.05) is 6.20 Å². The van der Waals surface area contributed by atoms with Crippen LogP contribution in [0.15, 0.2) is 24.5 Å². The maximum atomic E-state index is 4.75. The molecule has 2 aromatic heterocycles. The van der Waals surface area contributed by atoms with E-state index >= 15 is 0 Å². The SMILES string of the molecule is c1cc2n(c1)CCc1cnc(NC3CCCC3)nc1-2. The molecule has 1 fully saturated rings. The summed E-state index contributed by atoms with van der Waals surface area (Å²) in [5, 5.41) is 3.48. The molecule has 0 saturated heterocycles. The molecule has 0 atom stereocenters. The number of hydrogen-bond donors (Lipinski definition) is 1. The average molecular weight is 254 g/mol. The summed E-state index contributed by atoms with van der Waals surface area (Å²) in [7, 11) is 0. The van der Waals surface area contributed by atoms with Gasteiger partial charge in [0, 0.05) is 30.5 Å². The van der Waals surface area contributed by atoms with Crippen molar-refractivity contribution in [2.75, 3.05) is 5.32 Å². The molecule has 0 unspecified atom stereocenters. The predicted molar refractivity (Wildman–Crippen MR) is 75.0 cm³/mol. The standard InChI is InChI=1S/C15H18N4/c1-2-5-12(4-1)17-15-16-10-11-7-9-19-8-3-6-13(19)14(11)18-15/h3,6,8,10,12H,1-2,4-5,7,9H2,(H,16,17,18). The van der Waals surface area contributed by atoms with Crippen LogP contribution in [0.3, 0.4) is 0 Å². The van der Waals surface area contributed by atoms with Crippen molar-refractivity contribution in [2.45, 2.75) is 44.7 Å². The Morgan fingerprint density at radius 2 is 2.16 bits per heavy atom. The predicted octanol–water partition coefficient (Wildman–Crippen LogP) is 2.86. The summed E-state index contributed by atoms with van der Waals surface area (Å²) in [6.07, 6.45) is 10.3. The molecule has 0 bridgehead atoms. The number of anilines is 1. The lowest BCUT2D eigenvalue weighted by Gasteiger charge is -2.19. The van der Waals surface area contributed by atoms with Crippen LogP contribution in [0.1, 0.15) is 31.2 Å². The molecule has 1 aliphatic carbocycles. The van der Waals surface area contributed by atoms with Crippen molar-refractivity contribution in [1.29, 1.82) is 0 Å². The molecule has 1 saturated carbocycles. The quantitative estimate of drug-likeness (QED) is 0.896. The van der Waals surface area contributed by atoms with Gasteiger partial charge in [-0.25, -0.2) is 9.97 Å². The zero-order valence-electron chi connectivity index (χ0n) is 11.0. The van der Waals surface area contributed by atoms with Crippen LogP contribution in [0.4, 0.5) is 5.95 Å². The molecule has 4 rings (SSSR count). The van der Waals surface area contributed by atoms with Gasteiger partial charge in [0.1, 0.15) is 0 Å². The maximum Gasteiger partial charge on any atom is 0.223 e. The zero-order valence-corrected chi connectivity index (χ0v) is 11.0. The van der Waals surface area contributed by atoms with E-state index in [4.69, 9.17) is 4.98 Å². The minimum atomic E-state index is 0.563. The van der Waals surface area contributed by atoms with E-state index in [2.05, 4.69) is 33.2 Å². The number of rotatable bonds is 2. The van der Waals surface area contributed by atoms with Gasteiger partial charge in [-0.05, 0) is 31.4 Å². The van der Waals surface area contributed by atoms with Gasteiger partial charge in [0.25, 0.3) is 0 Å². The third-order valence-electron chi connectivity index (χ3n) is 4.25. The normalized spacial score (nSPS) is 18.1. The highest BCUT2D eigenvalue weighted by molar-refractivity contribution is 5.62. The molecule has 0 spiro atoms. The van der Waals surface area contributed by atoms with Crippen molar-refractivity contribution in [3.8, 4) is 11.4 Å². The van der Waals surface area contributed by atoms with E-state index in [1.54, 1.807) is 0 Å². The Balaban J connectivity index is 1.67. The summed E-state index contributed by atoms with van der Waals surface area (Å²) in [6.45, 7) is 1.04. The van der Waals surface area contributed by atoms with E-state index in [-0.39, 0.29) is 0 Å². The lowest BCUT2D eigenvalue weighted by Crippen LogP contribution is -2.18. The molecule has 2 aliphatic rings. The topological polar surface area (TPSA) is 42.7 Å². The van der Waals surface area contributed by atoms with E-state index in [0.717, 1.165) is 24.6 Å². The Morgan fingerprint density at radius 3 is 3.05 bits per heavy atom. The third kappa shape index (κ3) is 1.91. The highest BCUT2D eigenvalue weighted by atomic mass is 15.1. The number of aryl methyl sites for hydroxylation is 2. The van der Waals surface area contributed by atoms with Gasteiger partial charge in [-0.15, -0.1) is 0 Å². The Hall–Kier alpha value is -1.84. The first-order valence-electron chi connectivity index (χ1n) is 7.18. The summed E-state index contributed by atoms with van der Waals surface area (Å²) in [5.41, 5.74) is 3.59. The molecular weight excluding hydrogens is 236 g/mol. The highest BCUT2D eigenvalue weighted by Crippen LogP contribution is 2.29. The summed E-state index contributed by atoms with van der Waals surface area (Å²) >= 11 is 0. The monoisotopic (exact) mass is 254 g/mol. The fourth-order valence-corrected chi connectivity index (χ4v) is 3.20. The first-order valence-corrected chi connectivity index (χ1v) is 7.18. The Labute approximate surface area is 112 Å². The number of nitrogens with one attached hydrogen (secondary N) is 1. The molecule has 0 aromatic carbocycles. The molecule has 0 amide bonds. The van der Waals surface area contributed by atoms with Crippen LogP contribution in [-0.2, 0) is 13.0 Å². The number of fused-ring (bicyclic) bond motifs is 3. The second-order valence-electron chi connectivity index (χ2n) is 5.53. The van der Waals surface area contributed by atoms with Crippen molar-refractivity contribution in [1.82, 2.24) is 14.5 Å². The van der Waals surface area contributed by atoms with Gasteiger partial charge in [-0.2, -0.15) is 0 Å². The third-order valence-corrected chi connectivity index (χ3v) is 4.25. The van der Waals surface area contributed by atoms with Gasteiger partial charge in [0.2, 0.25) is 5.95 Å². The lowest BCUT2D eigenvalue weighted by molar-refractivity contribution is 0.679. The van der Waals surface area contributed by atoms with Crippen LogP contribution in [-0.4, -0.2) is 20.6 Å². The fourth-order valence-electron chi connectivity index (χ4n) is 3.20. The second kappa shape index (κ2) is 4.37. The molecule has 3 heterocycles. The van der Waals surface area contributed by atoms with E-state index < -0.39 is 0 Å². The van der Waals surface area contributed by atoms with Gasteiger partial charge in [-0.1, -0.05) is 12.8 Å². The van der Waals surface area contributed by atoms with Crippen molar-refractivity contribution < 1.29 is 0 Å². The second-order valence-corrected chi connectivity index (χ2v) is 5.53. The number of aromatic nitrogens is 3. The summed E-state index contributed by atoms with van der Waals surface area (Å²) < 4.78 is 2.27. The van der Waals surface area contributed by atoms with Crippen LogP contribution in [0.2, 0.25) is 0 Å². The maximum absolute atomic E-state index is 4.75. The van der Waals surface area contributed by atoms with E-state index in [0.29, 0.717) is 6.04 Å².